The number of alkyl halides is 3. The molecule has 1 amide bonds. The lowest BCUT2D eigenvalue weighted by molar-refractivity contribution is -0.137. The number of carbonyl (C=O) groups is 1. The van der Waals surface area contributed by atoms with Gasteiger partial charge in [-0.25, -0.2) is 4.79 Å². The Morgan fingerprint density at radius 1 is 1.10 bits per heavy atom. The Labute approximate surface area is 123 Å². The molecule has 2 aromatic rings. The summed E-state index contributed by atoms with van der Waals surface area (Å²) >= 11 is 5.61. The normalized spacial score (nSPS) is 11.0. The van der Waals surface area contributed by atoms with E-state index in [9.17, 15) is 18.0 Å². The van der Waals surface area contributed by atoms with E-state index < -0.39 is 17.8 Å². The fourth-order valence-corrected chi connectivity index (χ4v) is 1.80. The van der Waals surface area contributed by atoms with Gasteiger partial charge in [-0.2, -0.15) is 13.2 Å². The third-order valence-corrected chi connectivity index (χ3v) is 2.64. The number of amides is 1. The van der Waals surface area contributed by atoms with Crippen molar-refractivity contribution in [1.29, 1.82) is 0 Å². The number of hydrogen-bond donors (Lipinski definition) is 1. The van der Waals surface area contributed by atoms with Crippen molar-refractivity contribution in [2.75, 3.05) is 5.32 Å². The Bertz CT molecular complexity index is 644. The van der Waals surface area contributed by atoms with Crippen molar-refractivity contribution in [3.8, 4) is 5.75 Å². The van der Waals surface area contributed by atoms with Crippen molar-refractivity contribution >= 4 is 23.4 Å². The zero-order valence-corrected chi connectivity index (χ0v) is 11.2. The first kappa shape index (κ1) is 15.2. The van der Waals surface area contributed by atoms with Crippen LogP contribution in [0.5, 0.6) is 5.75 Å². The van der Waals surface area contributed by atoms with E-state index in [-0.39, 0.29) is 16.5 Å². The molecule has 2 aromatic carbocycles. The number of hydrogen-bond acceptors (Lipinski definition) is 2. The van der Waals surface area contributed by atoms with Crippen molar-refractivity contribution < 1.29 is 22.7 Å². The monoisotopic (exact) mass is 315 g/mol. The van der Waals surface area contributed by atoms with Crippen molar-refractivity contribution in [2.24, 2.45) is 0 Å². The van der Waals surface area contributed by atoms with Crippen LogP contribution < -0.4 is 10.1 Å². The number of benzene rings is 2. The minimum atomic E-state index is -4.55. The maximum Gasteiger partial charge on any atom is 0.417 e. The molecule has 110 valence electrons. The fourth-order valence-electron chi connectivity index (χ4n) is 1.56. The number of para-hydroxylation sites is 1. The second-order valence-electron chi connectivity index (χ2n) is 4.05. The van der Waals surface area contributed by atoms with Gasteiger partial charge in [0.25, 0.3) is 0 Å². The number of nitrogens with one attached hydrogen (secondary N) is 1. The van der Waals surface area contributed by atoms with E-state index in [1.165, 1.54) is 6.07 Å². The average molecular weight is 316 g/mol. The number of ether oxygens (including phenoxy) is 1. The second-order valence-corrected chi connectivity index (χ2v) is 4.49. The molecule has 0 aromatic heterocycles. The fraction of sp³-hybridized carbons (Fsp3) is 0.0714. The minimum Gasteiger partial charge on any atom is -0.410 e. The first-order valence-electron chi connectivity index (χ1n) is 5.76. The van der Waals surface area contributed by atoms with Crippen molar-refractivity contribution in [2.45, 2.75) is 6.18 Å². The lowest BCUT2D eigenvalue weighted by atomic mass is 10.2. The van der Waals surface area contributed by atoms with Crippen molar-refractivity contribution in [1.82, 2.24) is 0 Å². The lowest BCUT2D eigenvalue weighted by Gasteiger charge is -2.11. The molecule has 0 saturated heterocycles. The Balaban J connectivity index is 2.12. The van der Waals surface area contributed by atoms with E-state index in [1.54, 1.807) is 30.3 Å². The molecule has 0 aliphatic heterocycles. The van der Waals surface area contributed by atoms with Crippen LogP contribution in [0.2, 0.25) is 5.02 Å². The molecule has 7 heteroatoms. The Hall–Kier alpha value is -2.21. The Kier molecular flexibility index (Phi) is 4.37. The van der Waals surface area contributed by atoms with E-state index in [0.717, 1.165) is 12.1 Å². The van der Waals surface area contributed by atoms with E-state index >= 15 is 0 Å². The van der Waals surface area contributed by atoms with E-state index in [4.69, 9.17) is 16.3 Å². The predicted molar refractivity (Wildman–Crippen MR) is 72.5 cm³/mol. The molecule has 0 heterocycles. The molecule has 1 N–H and O–H groups in total. The molecular formula is C14H9ClF3NO2. The van der Waals surface area contributed by atoms with Crippen LogP contribution in [0.15, 0.2) is 48.5 Å². The summed E-state index contributed by atoms with van der Waals surface area (Å²) in [5.41, 5.74) is -1.05. The Morgan fingerprint density at radius 2 is 1.76 bits per heavy atom. The molecule has 2 rings (SSSR count). The maximum absolute atomic E-state index is 12.6. The van der Waals surface area contributed by atoms with E-state index in [1.807, 2.05) is 0 Å². The number of anilines is 1. The van der Waals surface area contributed by atoms with Crippen LogP contribution in [0.25, 0.3) is 0 Å². The van der Waals surface area contributed by atoms with Gasteiger partial charge in [-0.1, -0.05) is 29.8 Å². The van der Waals surface area contributed by atoms with E-state index in [0.29, 0.717) is 0 Å². The third kappa shape index (κ3) is 4.39. The quantitative estimate of drug-likeness (QED) is 0.849. The second kappa shape index (κ2) is 6.05. The van der Waals surface area contributed by atoms with Crippen LogP contribution in [0, 0.1) is 0 Å². The Morgan fingerprint density at radius 3 is 2.38 bits per heavy atom. The highest BCUT2D eigenvalue weighted by atomic mass is 35.5. The minimum absolute atomic E-state index is 0.101. The highest BCUT2D eigenvalue weighted by molar-refractivity contribution is 6.31. The van der Waals surface area contributed by atoms with Gasteiger partial charge < -0.3 is 4.74 Å². The lowest BCUT2D eigenvalue weighted by Crippen LogP contribution is -2.17. The SMILES string of the molecule is O=C(Nc1cc(Cl)cc(C(F)(F)F)c1)Oc1ccccc1. The van der Waals surface area contributed by atoms with Crippen molar-refractivity contribution in [3.63, 3.8) is 0 Å². The summed E-state index contributed by atoms with van der Waals surface area (Å²) < 4.78 is 42.8. The van der Waals surface area contributed by atoms with Crippen LogP contribution in [-0.4, -0.2) is 6.09 Å². The smallest absolute Gasteiger partial charge is 0.410 e. The summed E-state index contributed by atoms with van der Waals surface area (Å²) in [5, 5.41) is 2.06. The zero-order chi connectivity index (χ0) is 15.5. The first-order chi connectivity index (χ1) is 9.84. The number of rotatable bonds is 2. The summed E-state index contributed by atoms with van der Waals surface area (Å²) in [6.45, 7) is 0. The third-order valence-electron chi connectivity index (χ3n) is 2.43. The van der Waals surface area contributed by atoms with Crippen LogP contribution in [0.3, 0.4) is 0 Å². The molecule has 0 spiro atoms. The largest absolute Gasteiger partial charge is 0.417 e. The van der Waals surface area contributed by atoms with Crippen LogP contribution >= 0.6 is 11.6 Å². The molecular weight excluding hydrogens is 307 g/mol. The zero-order valence-electron chi connectivity index (χ0n) is 10.4. The molecule has 21 heavy (non-hydrogen) atoms. The summed E-state index contributed by atoms with van der Waals surface area (Å²) in [5.74, 6) is 0.271. The molecule has 0 aliphatic rings. The summed E-state index contributed by atoms with van der Waals surface area (Å²) in [4.78, 5) is 11.6. The molecule has 0 atom stereocenters. The maximum atomic E-state index is 12.6. The van der Waals surface area contributed by atoms with Gasteiger partial charge in [0.05, 0.1) is 5.56 Å². The molecule has 3 nitrogen and oxygen atoms in total. The summed E-state index contributed by atoms with van der Waals surface area (Å²) in [6, 6.07) is 10.9. The highest BCUT2D eigenvalue weighted by Gasteiger charge is 2.31. The topological polar surface area (TPSA) is 38.3 Å². The standard InChI is InChI=1S/C14H9ClF3NO2/c15-10-6-9(14(16,17)18)7-11(8-10)19-13(20)21-12-4-2-1-3-5-12/h1-8H,(H,19,20). The molecule has 0 fully saturated rings. The molecule has 0 radical (unpaired) electrons. The molecule has 0 aliphatic carbocycles. The number of halogens is 4. The van der Waals surface area contributed by atoms with Gasteiger partial charge in [0.1, 0.15) is 5.75 Å². The van der Waals surface area contributed by atoms with Gasteiger partial charge in [0.2, 0.25) is 0 Å². The van der Waals surface area contributed by atoms with Gasteiger partial charge in [-0.3, -0.25) is 5.32 Å². The number of carbonyl (C=O) groups excluding carboxylic acids is 1. The first-order valence-corrected chi connectivity index (χ1v) is 6.14. The van der Waals surface area contributed by atoms with Crippen molar-refractivity contribution in [3.05, 3.63) is 59.1 Å². The predicted octanol–water partition coefficient (Wildman–Crippen LogP) is 4.97. The molecule has 0 unspecified atom stereocenters. The van der Waals surface area contributed by atoms with Crippen LogP contribution in [0.4, 0.5) is 23.7 Å². The molecule has 0 saturated carbocycles. The summed E-state index contributed by atoms with van der Waals surface area (Å²) in [7, 11) is 0. The van der Waals surface area contributed by atoms with Crippen LogP contribution in [-0.2, 0) is 6.18 Å². The van der Waals surface area contributed by atoms with Gasteiger partial charge in [0, 0.05) is 10.7 Å². The highest BCUT2D eigenvalue weighted by Crippen LogP contribution is 2.33. The van der Waals surface area contributed by atoms with Crippen LogP contribution in [0.1, 0.15) is 5.56 Å². The molecule has 0 bridgehead atoms. The average Bonchev–Trinajstić information content (AvgIpc) is 2.37. The summed E-state index contributed by atoms with van der Waals surface area (Å²) in [6.07, 6.45) is -5.46. The van der Waals surface area contributed by atoms with Gasteiger partial charge in [0.15, 0.2) is 0 Å². The van der Waals surface area contributed by atoms with Gasteiger partial charge in [-0.05, 0) is 30.3 Å². The van der Waals surface area contributed by atoms with Gasteiger partial charge >= 0.3 is 12.3 Å². The van der Waals surface area contributed by atoms with Gasteiger partial charge in [-0.15, -0.1) is 0 Å². The van der Waals surface area contributed by atoms with E-state index in [2.05, 4.69) is 5.32 Å².